The van der Waals surface area contributed by atoms with Gasteiger partial charge < -0.3 is 11.2 Å². The summed E-state index contributed by atoms with van der Waals surface area (Å²) in [6, 6.07) is 0. The molecule has 0 saturated heterocycles. The van der Waals surface area contributed by atoms with E-state index in [-0.39, 0.29) is 0 Å². The Kier molecular flexibility index (Phi) is 1.35. The lowest BCUT2D eigenvalue weighted by Crippen LogP contribution is -2.03. The summed E-state index contributed by atoms with van der Waals surface area (Å²) in [7, 11) is 0. The Morgan fingerprint density at radius 2 is 2.67 bits per heavy atom. The minimum atomic E-state index is 0.396. The largest absolute Gasteiger partial charge is 0.338 e. The Bertz CT molecular complexity index is 206. The normalized spacial score (nSPS) is 8.89. The molecule has 0 aromatic carbocycles. The molecule has 1 aromatic rings. The third kappa shape index (κ3) is 1.18. The van der Waals surface area contributed by atoms with Crippen LogP contribution in [-0.4, -0.2) is 16.1 Å². The first-order chi connectivity index (χ1) is 4.33. The van der Waals surface area contributed by atoms with Crippen molar-refractivity contribution < 1.29 is 4.79 Å². The summed E-state index contributed by atoms with van der Waals surface area (Å²) in [5.74, 6) is 5.59. The first kappa shape index (κ1) is 5.61. The highest BCUT2D eigenvalue weighted by atomic mass is 16.1. The molecule has 0 bridgehead atoms. The van der Waals surface area contributed by atoms with Gasteiger partial charge in [-0.05, 0) is 0 Å². The number of carbonyl (C=O) groups excluding carboxylic acids is 1. The number of aromatic nitrogens is 2. The number of amides is 1. The van der Waals surface area contributed by atoms with Gasteiger partial charge in [-0.25, -0.2) is 4.98 Å². The molecular formula is C4H5N4O. The molecule has 5 nitrogen and oxygen atoms in total. The van der Waals surface area contributed by atoms with Gasteiger partial charge in [-0.15, -0.1) is 0 Å². The van der Waals surface area contributed by atoms with Crippen LogP contribution in [-0.2, 0) is 4.79 Å². The molecule has 47 valence electrons. The summed E-state index contributed by atoms with van der Waals surface area (Å²) in [5.41, 5.74) is 0. The fourth-order valence-corrected chi connectivity index (χ4v) is 0.454. The summed E-state index contributed by atoms with van der Waals surface area (Å²) in [6.45, 7) is 0. The van der Waals surface area contributed by atoms with Gasteiger partial charge in [0.2, 0.25) is 0 Å². The molecule has 1 amide bonds. The Morgan fingerprint density at radius 1 is 1.89 bits per heavy atom. The van der Waals surface area contributed by atoms with E-state index < -0.39 is 0 Å². The SMILES string of the molecule is Nn1cnc(N[C]=O)c1. The summed E-state index contributed by atoms with van der Waals surface area (Å²) in [5, 5.41) is 2.21. The maximum atomic E-state index is 9.66. The van der Waals surface area contributed by atoms with Crippen LogP contribution in [0.15, 0.2) is 12.5 Å². The Morgan fingerprint density at radius 3 is 3.11 bits per heavy atom. The molecule has 1 aromatic heterocycles. The number of hydrogen-bond acceptors (Lipinski definition) is 3. The second-order valence-corrected chi connectivity index (χ2v) is 1.43. The van der Waals surface area contributed by atoms with Crippen molar-refractivity contribution in [3.8, 4) is 0 Å². The summed E-state index contributed by atoms with van der Waals surface area (Å²) < 4.78 is 1.24. The minimum absolute atomic E-state index is 0.396. The van der Waals surface area contributed by atoms with Gasteiger partial charge in [-0.3, -0.25) is 9.47 Å². The van der Waals surface area contributed by atoms with Gasteiger partial charge in [0.25, 0.3) is 0 Å². The molecule has 1 rings (SSSR count). The van der Waals surface area contributed by atoms with E-state index >= 15 is 0 Å². The van der Waals surface area contributed by atoms with E-state index in [0.717, 1.165) is 0 Å². The molecule has 0 fully saturated rings. The minimum Gasteiger partial charge on any atom is -0.338 e. The standard InChI is InChI=1S/C4H5N4O/c5-8-1-4(6-2-8)7-3-9/h1-2H,5H2,(H,7,9). The van der Waals surface area contributed by atoms with Crippen LogP contribution in [0.2, 0.25) is 0 Å². The highest BCUT2D eigenvalue weighted by Gasteiger charge is 1.91. The van der Waals surface area contributed by atoms with Gasteiger partial charge in [0.1, 0.15) is 6.33 Å². The predicted molar refractivity (Wildman–Crippen MR) is 31.7 cm³/mol. The third-order valence-electron chi connectivity index (χ3n) is 0.781. The van der Waals surface area contributed by atoms with Crippen LogP contribution in [0.3, 0.4) is 0 Å². The van der Waals surface area contributed by atoms with Gasteiger partial charge in [0.05, 0.1) is 6.20 Å². The third-order valence-corrected chi connectivity index (χ3v) is 0.781. The highest BCUT2D eigenvalue weighted by Crippen LogP contribution is 1.95. The molecule has 9 heavy (non-hydrogen) atoms. The van der Waals surface area contributed by atoms with Crippen molar-refractivity contribution in [2.75, 3.05) is 11.2 Å². The summed E-state index contributed by atoms with van der Waals surface area (Å²) >= 11 is 0. The van der Waals surface area contributed by atoms with Gasteiger partial charge in [-0.1, -0.05) is 0 Å². The molecule has 0 aliphatic carbocycles. The average molecular weight is 125 g/mol. The van der Waals surface area contributed by atoms with E-state index in [0.29, 0.717) is 5.82 Å². The van der Waals surface area contributed by atoms with Crippen molar-refractivity contribution in [1.82, 2.24) is 9.66 Å². The van der Waals surface area contributed by atoms with E-state index in [1.54, 1.807) is 0 Å². The van der Waals surface area contributed by atoms with Crippen molar-refractivity contribution in [2.45, 2.75) is 0 Å². The zero-order chi connectivity index (χ0) is 6.69. The summed E-state index contributed by atoms with van der Waals surface area (Å²) in [4.78, 5) is 13.3. The Hall–Kier alpha value is -1.52. The lowest BCUT2D eigenvalue weighted by molar-refractivity contribution is 0.561. The number of anilines is 1. The van der Waals surface area contributed by atoms with Crippen LogP contribution in [0, 0.1) is 0 Å². The lowest BCUT2D eigenvalue weighted by Gasteiger charge is -1.84. The van der Waals surface area contributed by atoms with Crippen LogP contribution in [0.25, 0.3) is 0 Å². The topological polar surface area (TPSA) is 72.9 Å². The fraction of sp³-hybridized carbons (Fsp3) is 0. The van der Waals surface area contributed by atoms with Crippen molar-refractivity contribution in [3.05, 3.63) is 12.5 Å². The van der Waals surface area contributed by atoms with Crippen molar-refractivity contribution in [1.29, 1.82) is 0 Å². The maximum Gasteiger partial charge on any atom is 0.315 e. The number of nitrogens with two attached hydrogens (primary N) is 1. The van der Waals surface area contributed by atoms with Gasteiger partial charge >= 0.3 is 6.41 Å². The number of hydrogen-bond donors (Lipinski definition) is 2. The number of imidazole rings is 1. The fourth-order valence-electron chi connectivity index (χ4n) is 0.454. The molecule has 1 heterocycles. The zero-order valence-electron chi connectivity index (χ0n) is 4.53. The molecule has 0 aliphatic rings. The quantitative estimate of drug-likeness (QED) is 0.396. The monoisotopic (exact) mass is 125 g/mol. The lowest BCUT2D eigenvalue weighted by atomic mass is 10.7. The second-order valence-electron chi connectivity index (χ2n) is 1.43. The molecule has 0 unspecified atom stereocenters. The van der Waals surface area contributed by atoms with Crippen molar-refractivity contribution >= 4 is 12.2 Å². The van der Waals surface area contributed by atoms with Crippen LogP contribution in [0.1, 0.15) is 0 Å². The van der Waals surface area contributed by atoms with E-state index in [2.05, 4.69) is 10.3 Å². The van der Waals surface area contributed by atoms with Crippen LogP contribution < -0.4 is 11.2 Å². The van der Waals surface area contributed by atoms with Crippen LogP contribution >= 0.6 is 0 Å². The Labute approximate surface area is 51.5 Å². The van der Waals surface area contributed by atoms with Crippen LogP contribution in [0.5, 0.6) is 0 Å². The second kappa shape index (κ2) is 2.17. The molecule has 0 spiro atoms. The van der Waals surface area contributed by atoms with E-state index in [1.807, 2.05) is 0 Å². The average Bonchev–Trinajstić information content (AvgIpc) is 2.17. The van der Waals surface area contributed by atoms with Crippen molar-refractivity contribution in [3.63, 3.8) is 0 Å². The zero-order valence-corrected chi connectivity index (χ0v) is 4.53. The maximum absolute atomic E-state index is 9.66. The predicted octanol–water partition coefficient (Wildman–Crippen LogP) is -0.924. The number of nitrogens with one attached hydrogen (secondary N) is 1. The first-order valence-electron chi connectivity index (χ1n) is 2.25. The number of rotatable bonds is 2. The molecule has 0 aliphatic heterocycles. The van der Waals surface area contributed by atoms with E-state index in [1.165, 1.54) is 23.6 Å². The molecular weight excluding hydrogens is 120 g/mol. The molecule has 0 saturated carbocycles. The van der Waals surface area contributed by atoms with E-state index in [9.17, 15) is 4.79 Å². The van der Waals surface area contributed by atoms with Gasteiger partial charge in [0, 0.05) is 0 Å². The number of nitrogen functional groups attached to an aromatic ring is 1. The Balaban J connectivity index is 2.72. The van der Waals surface area contributed by atoms with Crippen LogP contribution in [0.4, 0.5) is 5.82 Å². The highest BCUT2D eigenvalue weighted by molar-refractivity contribution is 5.68. The molecule has 3 N–H and O–H groups in total. The van der Waals surface area contributed by atoms with Crippen molar-refractivity contribution in [2.24, 2.45) is 0 Å². The molecule has 5 heteroatoms. The number of nitrogens with zero attached hydrogens (tertiary/aromatic N) is 2. The molecule has 1 radical (unpaired) electrons. The summed E-state index contributed by atoms with van der Waals surface area (Å²) in [6.07, 6.45) is 4.30. The van der Waals surface area contributed by atoms with Gasteiger partial charge in [0.15, 0.2) is 5.82 Å². The molecule has 0 atom stereocenters. The first-order valence-corrected chi connectivity index (χ1v) is 2.25. The van der Waals surface area contributed by atoms with E-state index in [4.69, 9.17) is 5.84 Å². The van der Waals surface area contributed by atoms with Gasteiger partial charge in [-0.2, -0.15) is 0 Å². The smallest absolute Gasteiger partial charge is 0.315 e.